The zero-order valence-electron chi connectivity index (χ0n) is 13.2. The number of aliphatic imine (C=N–C) groups is 1. The summed E-state index contributed by atoms with van der Waals surface area (Å²) in [6.07, 6.45) is 0. The molecule has 1 aromatic rings. The minimum atomic E-state index is -0.0736. The normalized spacial score (nSPS) is 12.6. The summed E-state index contributed by atoms with van der Waals surface area (Å²) in [6.45, 7) is 11.7. The average Bonchev–Trinajstić information content (AvgIpc) is 2.32. The lowest BCUT2D eigenvalue weighted by atomic mass is 10.1. The first kappa shape index (κ1) is 16.3. The van der Waals surface area contributed by atoms with Gasteiger partial charge in [0, 0.05) is 5.54 Å². The van der Waals surface area contributed by atoms with E-state index >= 15 is 0 Å². The molecule has 0 bridgehead atoms. The molecule has 0 aliphatic carbocycles. The fourth-order valence-electron chi connectivity index (χ4n) is 1.60. The van der Waals surface area contributed by atoms with Gasteiger partial charge in [-0.15, -0.1) is 0 Å². The average molecular weight is 277 g/mol. The van der Waals surface area contributed by atoms with E-state index in [1.54, 1.807) is 0 Å². The lowest BCUT2D eigenvalue weighted by Gasteiger charge is -2.21. The number of ether oxygens (including phenoxy) is 1. The molecule has 0 atom stereocenters. The van der Waals surface area contributed by atoms with Crippen molar-refractivity contribution in [3.05, 3.63) is 29.8 Å². The Labute approximate surface area is 122 Å². The third-order valence-electron chi connectivity index (χ3n) is 2.42. The van der Waals surface area contributed by atoms with Gasteiger partial charge in [-0.25, -0.2) is 4.99 Å². The van der Waals surface area contributed by atoms with E-state index in [1.165, 1.54) is 0 Å². The van der Waals surface area contributed by atoms with Gasteiger partial charge < -0.3 is 15.8 Å². The molecule has 1 aromatic carbocycles. The van der Waals surface area contributed by atoms with Gasteiger partial charge in [0.15, 0.2) is 5.96 Å². The minimum absolute atomic E-state index is 0.0736. The third kappa shape index (κ3) is 7.02. The first-order valence-electron chi connectivity index (χ1n) is 7.06. The molecule has 112 valence electrons. The summed E-state index contributed by atoms with van der Waals surface area (Å²) < 4.78 is 5.70. The molecule has 20 heavy (non-hydrogen) atoms. The number of hydrogen-bond acceptors (Lipinski definition) is 2. The molecule has 4 nitrogen and oxygen atoms in total. The molecule has 4 heteroatoms. The van der Waals surface area contributed by atoms with Crippen molar-refractivity contribution >= 4 is 5.96 Å². The van der Waals surface area contributed by atoms with Crippen LogP contribution in [0, 0.1) is 5.92 Å². The molecular weight excluding hydrogens is 250 g/mol. The summed E-state index contributed by atoms with van der Waals surface area (Å²) in [4.78, 5) is 4.34. The van der Waals surface area contributed by atoms with Crippen LogP contribution in [0.15, 0.2) is 29.3 Å². The summed E-state index contributed by atoms with van der Waals surface area (Å²) in [6, 6.07) is 7.98. The molecule has 1 rings (SSSR count). The standard InChI is InChI=1S/C16H27N3O/c1-12(2)11-20-14-8-6-7-13(9-14)10-18-15(17)19-16(3,4)5/h6-9,12H,10-11H2,1-5H3,(H3,17,18,19). The summed E-state index contributed by atoms with van der Waals surface area (Å²) in [5.41, 5.74) is 6.87. The van der Waals surface area contributed by atoms with Gasteiger partial charge in [0.25, 0.3) is 0 Å². The van der Waals surface area contributed by atoms with Crippen LogP contribution in [0.25, 0.3) is 0 Å². The second-order valence-corrected chi connectivity index (χ2v) is 6.43. The topological polar surface area (TPSA) is 59.6 Å². The lowest BCUT2D eigenvalue weighted by molar-refractivity contribution is 0.271. The molecule has 0 amide bonds. The van der Waals surface area contributed by atoms with Gasteiger partial charge in [-0.2, -0.15) is 0 Å². The van der Waals surface area contributed by atoms with E-state index in [-0.39, 0.29) is 5.54 Å². The van der Waals surface area contributed by atoms with Gasteiger partial charge in [-0.3, -0.25) is 0 Å². The van der Waals surface area contributed by atoms with E-state index in [2.05, 4.69) is 44.9 Å². The number of hydrogen-bond donors (Lipinski definition) is 2. The maximum atomic E-state index is 5.85. The van der Waals surface area contributed by atoms with Crippen molar-refractivity contribution in [3.8, 4) is 5.75 Å². The van der Waals surface area contributed by atoms with Crippen LogP contribution in [0.1, 0.15) is 40.2 Å². The van der Waals surface area contributed by atoms with Crippen LogP contribution in [0.4, 0.5) is 0 Å². The van der Waals surface area contributed by atoms with Crippen LogP contribution in [0.2, 0.25) is 0 Å². The zero-order chi connectivity index (χ0) is 15.2. The summed E-state index contributed by atoms with van der Waals surface area (Å²) in [5, 5.41) is 3.14. The maximum Gasteiger partial charge on any atom is 0.189 e. The number of nitrogens with two attached hydrogens (primary N) is 1. The number of benzene rings is 1. The molecular formula is C16H27N3O. The second kappa shape index (κ2) is 7.17. The minimum Gasteiger partial charge on any atom is -0.493 e. The van der Waals surface area contributed by atoms with E-state index < -0.39 is 0 Å². The molecule has 0 aliphatic heterocycles. The van der Waals surface area contributed by atoms with Crippen LogP contribution in [0.5, 0.6) is 5.75 Å². The van der Waals surface area contributed by atoms with Crippen LogP contribution in [0.3, 0.4) is 0 Å². The highest BCUT2D eigenvalue weighted by atomic mass is 16.5. The quantitative estimate of drug-likeness (QED) is 0.642. The summed E-state index contributed by atoms with van der Waals surface area (Å²) in [7, 11) is 0. The maximum absolute atomic E-state index is 5.85. The van der Waals surface area contributed by atoms with Crippen molar-refractivity contribution < 1.29 is 4.74 Å². The third-order valence-corrected chi connectivity index (χ3v) is 2.42. The monoisotopic (exact) mass is 277 g/mol. The molecule has 0 aromatic heterocycles. The number of nitrogens with one attached hydrogen (secondary N) is 1. The lowest BCUT2D eigenvalue weighted by Crippen LogP contribution is -2.44. The Morgan fingerprint density at radius 1 is 1.35 bits per heavy atom. The summed E-state index contributed by atoms with van der Waals surface area (Å²) in [5.74, 6) is 1.86. The van der Waals surface area contributed by atoms with Crippen LogP contribution >= 0.6 is 0 Å². The van der Waals surface area contributed by atoms with Crippen molar-refractivity contribution in [1.82, 2.24) is 5.32 Å². The molecule has 0 saturated heterocycles. The molecule has 0 fully saturated rings. The van der Waals surface area contributed by atoms with Crippen LogP contribution in [-0.2, 0) is 6.54 Å². The Morgan fingerprint density at radius 2 is 2.05 bits per heavy atom. The molecule has 0 aliphatic rings. The molecule has 0 heterocycles. The van der Waals surface area contributed by atoms with Gasteiger partial charge in [0.2, 0.25) is 0 Å². The van der Waals surface area contributed by atoms with Crippen molar-refractivity contribution in [3.63, 3.8) is 0 Å². The van der Waals surface area contributed by atoms with E-state index in [9.17, 15) is 0 Å². The second-order valence-electron chi connectivity index (χ2n) is 6.43. The summed E-state index contributed by atoms with van der Waals surface area (Å²) >= 11 is 0. The first-order chi connectivity index (χ1) is 9.26. The highest BCUT2D eigenvalue weighted by molar-refractivity contribution is 5.78. The predicted molar refractivity (Wildman–Crippen MR) is 85.0 cm³/mol. The van der Waals surface area contributed by atoms with Crippen molar-refractivity contribution in [2.24, 2.45) is 16.6 Å². The van der Waals surface area contributed by atoms with Crippen LogP contribution < -0.4 is 15.8 Å². The van der Waals surface area contributed by atoms with Crippen molar-refractivity contribution in [2.45, 2.75) is 46.7 Å². The van der Waals surface area contributed by atoms with E-state index in [1.807, 2.05) is 24.3 Å². The SMILES string of the molecule is CC(C)COc1cccc(CN=C(N)NC(C)(C)C)c1. The number of guanidine groups is 1. The first-order valence-corrected chi connectivity index (χ1v) is 7.06. The zero-order valence-corrected chi connectivity index (χ0v) is 13.2. The van der Waals surface area contributed by atoms with Gasteiger partial charge in [0.1, 0.15) is 5.75 Å². The highest BCUT2D eigenvalue weighted by Crippen LogP contribution is 2.15. The van der Waals surface area contributed by atoms with Gasteiger partial charge in [-0.05, 0) is 44.4 Å². The van der Waals surface area contributed by atoms with E-state index in [0.717, 1.165) is 17.9 Å². The molecule has 0 spiro atoms. The Morgan fingerprint density at radius 3 is 2.65 bits per heavy atom. The molecule has 3 N–H and O–H groups in total. The molecule has 0 saturated carbocycles. The van der Waals surface area contributed by atoms with Gasteiger partial charge in [-0.1, -0.05) is 26.0 Å². The Kier molecular flexibility index (Phi) is 5.86. The fraction of sp³-hybridized carbons (Fsp3) is 0.562. The van der Waals surface area contributed by atoms with Crippen molar-refractivity contribution in [1.29, 1.82) is 0 Å². The van der Waals surface area contributed by atoms with Crippen molar-refractivity contribution in [2.75, 3.05) is 6.61 Å². The van der Waals surface area contributed by atoms with Crippen LogP contribution in [-0.4, -0.2) is 18.1 Å². The smallest absolute Gasteiger partial charge is 0.189 e. The van der Waals surface area contributed by atoms with Gasteiger partial charge >= 0.3 is 0 Å². The molecule has 0 unspecified atom stereocenters. The highest BCUT2D eigenvalue weighted by Gasteiger charge is 2.09. The largest absolute Gasteiger partial charge is 0.493 e. The van der Waals surface area contributed by atoms with E-state index in [0.29, 0.717) is 18.4 Å². The molecule has 0 radical (unpaired) electrons. The Balaban J connectivity index is 2.60. The predicted octanol–water partition coefficient (Wildman–Crippen LogP) is 2.92. The Hall–Kier alpha value is -1.71. The Bertz CT molecular complexity index is 447. The van der Waals surface area contributed by atoms with E-state index in [4.69, 9.17) is 10.5 Å². The fourth-order valence-corrected chi connectivity index (χ4v) is 1.60. The number of nitrogens with zero attached hydrogens (tertiary/aromatic N) is 1. The van der Waals surface area contributed by atoms with Gasteiger partial charge in [0.05, 0.1) is 13.2 Å². The number of rotatable bonds is 5.